The molecule has 0 unspecified atom stereocenters. The highest BCUT2D eigenvalue weighted by Crippen LogP contribution is 2.30. The lowest BCUT2D eigenvalue weighted by molar-refractivity contribution is 0.456. The van der Waals surface area contributed by atoms with Crippen molar-refractivity contribution in [3.63, 3.8) is 0 Å². The van der Waals surface area contributed by atoms with E-state index in [0.717, 1.165) is 17.7 Å². The predicted molar refractivity (Wildman–Crippen MR) is 61.3 cm³/mol. The number of nitrogens with zero attached hydrogens (tertiary/aromatic N) is 2. The Morgan fingerprint density at radius 1 is 1.53 bits per heavy atom. The normalized spacial score (nSPS) is 10.9. The Labute approximate surface area is 92.6 Å². The summed E-state index contributed by atoms with van der Waals surface area (Å²) in [6.45, 7) is 1.31. The van der Waals surface area contributed by atoms with Gasteiger partial charge in [-0.05, 0) is 12.1 Å². The van der Waals surface area contributed by atoms with Crippen molar-refractivity contribution >= 4 is 28.4 Å². The molecule has 1 aromatic carbocycles. The van der Waals surface area contributed by atoms with Gasteiger partial charge >= 0.3 is 0 Å². The van der Waals surface area contributed by atoms with Gasteiger partial charge in [-0.25, -0.2) is 0 Å². The Kier molecular flexibility index (Phi) is 2.79. The summed E-state index contributed by atoms with van der Waals surface area (Å²) in [5.41, 5.74) is 6.11. The van der Waals surface area contributed by atoms with E-state index in [2.05, 4.69) is 5.16 Å². The molecular formula is C10H12ClN3O. The summed E-state index contributed by atoms with van der Waals surface area (Å²) < 4.78 is 5.18. The summed E-state index contributed by atoms with van der Waals surface area (Å²) in [6.07, 6.45) is 0. The Hall–Kier alpha value is -1.26. The standard InChI is InChI=1S/C10H12ClN3O/c1-14(6-5-12)10-7-3-2-4-8(11)9(7)15-13-10/h2-4H,5-6,12H2,1H3. The molecule has 0 atom stereocenters. The Bertz CT molecular complexity index is 469. The molecule has 80 valence electrons. The van der Waals surface area contributed by atoms with Gasteiger partial charge in [-0.2, -0.15) is 0 Å². The van der Waals surface area contributed by atoms with E-state index in [0.29, 0.717) is 17.2 Å². The molecule has 1 heterocycles. The Balaban J connectivity index is 2.49. The van der Waals surface area contributed by atoms with Gasteiger partial charge in [0.15, 0.2) is 11.4 Å². The highest BCUT2D eigenvalue weighted by Gasteiger charge is 2.13. The zero-order valence-corrected chi connectivity index (χ0v) is 9.16. The molecule has 2 aromatic rings. The van der Waals surface area contributed by atoms with Crippen LogP contribution in [0.1, 0.15) is 0 Å². The summed E-state index contributed by atoms with van der Waals surface area (Å²) in [5.74, 6) is 0.776. The van der Waals surface area contributed by atoms with Gasteiger partial charge in [-0.1, -0.05) is 22.8 Å². The van der Waals surface area contributed by atoms with Crippen molar-refractivity contribution in [1.29, 1.82) is 0 Å². The SMILES string of the molecule is CN(CCN)c1noc2c(Cl)cccc12. The van der Waals surface area contributed by atoms with Crippen LogP contribution in [-0.2, 0) is 0 Å². The maximum absolute atomic E-state index is 5.98. The molecule has 0 saturated heterocycles. The molecule has 0 bridgehead atoms. The number of nitrogens with two attached hydrogens (primary N) is 1. The third-order valence-corrected chi connectivity index (χ3v) is 2.55. The predicted octanol–water partition coefficient (Wildman–Crippen LogP) is 1.88. The monoisotopic (exact) mass is 225 g/mol. The third-order valence-electron chi connectivity index (χ3n) is 2.26. The summed E-state index contributed by atoms with van der Waals surface area (Å²) in [5, 5.41) is 5.48. The van der Waals surface area contributed by atoms with Crippen LogP contribution < -0.4 is 10.6 Å². The lowest BCUT2D eigenvalue weighted by Crippen LogP contribution is -2.25. The fourth-order valence-corrected chi connectivity index (χ4v) is 1.70. The van der Waals surface area contributed by atoms with Crippen molar-refractivity contribution in [2.75, 3.05) is 25.0 Å². The molecule has 2 rings (SSSR count). The van der Waals surface area contributed by atoms with Crippen LogP contribution in [0.3, 0.4) is 0 Å². The van der Waals surface area contributed by atoms with Crippen LogP contribution in [-0.4, -0.2) is 25.3 Å². The lowest BCUT2D eigenvalue weighted by Gasteiger charge is -2.13. The number of hydrogen-bond donors (Lipinski definition) is 1. The van der Waals surface area contributed by atoms with Crippen molar-refractivity contribution in [2.24, 2.45) is 5.73 Å². The van der Waals surface area contributed by atoms with Gasteiger partial charge in [0, 0.05) is 20.1 Å². The Morgan fingerprint density at radius 3 is 3.07 bits per heavy atom. The largest absolute Gasteiger partial charge is 0.355 e. The first-order valence-corrected chi connectivity index (χ1v) is 5.07. The van der Waals surface area contributed by atoms with Gasteiger partial charge in [-0.3, -0.25) is 0 Å². The van der Waals surface area contributed by atoms with E-state index in [1.54, 1.807) is 6.07 Å². The molecule has 2 N–H and O–H groups in total. The van der Waals surface area contributed by atoms with Crippen molar-refractivity contribution in [3.8, 4) is 0 Å². The number of fused-ring (bicyclic) bond motifs is 1. The van der Waals surface area contributed by atoms with Gasteiger partial charge in [0.05, 0.1) is 10.4 Å². The maximum atomic E-state index is 5.98. The van der Waals surface area contributed by atoms with Crippen molar-refractivity contribution in [2.45, 2.75) is 0 Å². The van der Waals surface area contributed by atoms with Crippen molar-refractivity contribution in [3.05, 3.63) is 23.2 Å². The molecule has 15 heavy (non-hydrogen) atoms. The molecule has 0 aliphatic rings. The zero-order chi connectivity index (χ0) is 10.8. The zero-order valence-electron chi connectivity index (χ0n) is 8.40. The number of anilines is 1. The van der Waals surface area contributed by atoms with E-state index >= 15 is 0 Å². The summed E-state index contributed by atoms with van der Waals surface area (Å²) >= 11 is 5.98. The number of benzene rings is 1. The van der Waals surface area contributed by atoms with Gasteiger partial charge in [0.1, 0.15) is 0 Å². The minimum atomic E-state index is 0.575. The number of rotatable bonds is 3. The molecule has 0 spiro atoms. The minimum absolute atomic E-state index is 0.575. The summed E-state index contributed by atoms with van der Waals surface area (Å²) in [6, 6.07) is 5.59. The van der Waals surface area contributed by atoms with Crippen molar-refractivity contribution in [1.82, 2.24) is 5.16 Å². The van der Waals surface area contributed by atoms with E-state index in [-0.39, 0.29) is 0 Å². The van der Waals surface area contributed by atoms with Crippen LogP contribution in [0, 0.1) is 0 Å². The van der Waals surface area contributed by atoms with Gasteiger partial charge in [0.2, 0.25) is 0 Å². The van der Waals surface area contributed by atoms with E-state index in [9.17, 15) is 0 Å². The molecule has 0 fully saturated rings. The van der Waals surface area contributed by atoms with Gasteiger partial charge in [-0.15, -0.1) is 0 Å². The number of para-hydroxylation sites is 1. The summed E-state index contributed by atoms with van der Waals surface area (Å²) in [7, 11) is 1.92. The van der Waals surface area contributed by atoms with E-state index in [1.165, 1.54) is 0 Å². The molecular weight excluding hydrogens is 214 g/mol. The topological polar surface area (TPSA) is 55.3 Å². The average molecular weight is 226 g/mol. The lowest BCUT2D eigenvalue weighted by atomic mass is 10.2. The van der Waals surface area contributed by atoms with Crippen LogP contribution in [0.15, 0.2) is 22.7 Å². The van der Waals surface area contributed by atoms with Crippen LogP contribution in [0.4, 0.5) is 5.82 Å². The van der Waals surface area contributed by atoms with E-state index in [4.69, 9.17) is 21.9 Å². The minimum Gasteiger partial charge on any atom is -0.355 e. The Morgan fingerprint density at radius 2 is 2.33 bits per heavy atom. The first-order chi connectivity index (χ1) is 7.24. The molecule has 0 radical (unpaired) electrons. The average Bonchev–Trinajstić information content (AvgIpc) is 2.63. The fraction of sp³-hybridized carbons (Fsp3) is 0.300. The molecule has 5 heteroatoms. The van der Waals surface area contributed by atoms with E-state index in [1.807, 2.05) is 24.1 Å². The first kappa shape index (κ1) is 10.3. The van der Waals surface area contributed by atoms with Crippen molar-refractivity contribution < 1.29 is 4.52 Å². The fourth-order valence-electron chi connectivity index (χ4n) is 1.49. The molecule has 0 saturated carbocycles. The molecule has 1 aromatic heterocycles. The second-order valence-electron chi connectivity index (χ2n) is 3.33. The molecule has 0 aliphatic heterocycles. The highest BCUT2D eigenvalue weighted by molar-refractivity contribution is 6.35. The second kappa shape index (κ2) is 4.08. The number of likely N-dealkylation sites (N-methyl/N-ethyl adjacent to an activating group) is 1. The molecule has 0 amide bonds. The number of halogens is 1. The highest BCUT2D eigenvalue weighted by atomic mass is 35.5. The van der Waals surface area contributed by atoms with E-state index < -0.39 is 0 Å². The van der Waals surface area contributed by atoms with Crippen LogP contribution in [0.5, 0.6) is 0 Å². The van der Waals surface area contributed by atoms with Crippen LogP contribution in [0.25, 0.3) is 11.0 Å². The van der Waals surface area contributed by atoms with Gasteiger partial charge in [0.25, 0.3) is 0 Å². The first-order valence-electron chi connectivity index (χ1n) is 4.69. The number of hydrogen-bond acceptors (Lipinski definition) is 4. The number of aromatic nitrogens is 1. The molecule has 4 nitrogen and oxygen atoms in total. The van der Waals surface area contributed by atoms with Gasteiger partial charge < -0.3 is 15.2 Å². The maximum Gasteiger partial charge on any atom is 0.187 e. The van der Waals surface area contributed by atoms with Crippen LogP contribution in [0.2, 0.25) is 5.02 Å². The molecule has 0 aliphatic carbocycles. The quantitative estimate of drug-likeness (QED) is 0.867. The third kappa shape index (κ3) is 1.78. The second-order valence-corrected chi connectivity index (χ2v) is 3.74. The summed E-state index contributed by atoms with van der Waals surface area (Å²) in [4.78, 5) is 1.95. The smallest absolute Gasteiger partial charge is 0.187 e. The van der Waals surface area contributed by atoms with Crippen LogP contribution >= 0.6 is 11.6 Å².